The van der Waals surface area contributed by atoms with E-state index in [0.717, 1.165) is 17.0 Å². The molecule has 2 aromatic rings. The van der Waals surface area contributed by atoms with Crippen LogP contribution in [0.15, 0.2) is 34.5 Å². The van der Waals surface area contributed by atoms with E-state index in [-0.39, 0.29) is 11.7 Å². The molecule has 4 nitrogen and oxygen atoms in total. The van der Waals surface area contributed by atoms with Crippen LogP contribution in [0.1, 0.15) is 17.4 Å². The highest BCUT2D eigenvalue weighted by atomic mass is 32.2. The van der Waals surface area contributed by atoms with Crippen molar-refractivity contribution in [3.63, 3.8) is 0 Å². The molecule has 0 saturated carbocycles. The second-order valence-corrected chi connectivity index (χ2v) is 7.66. The highest BCUT2D eigenvalue weighted by Crippen LogP contribution is 2.22. The van der Waals surface area contributed by atoms with Crippen LogP contribution in [0.5, 0.6) is 0 Å². The molecule has 114 valence electrons. The fourth-order valence-corrected chi connectivity index (χ4v) is 4.15. The first-order chi connectivity index (χ1) is 9.79. The van der Waals surface area contributed by atoms with Crippen molar-refractivity contribution in [2.45, 2.75) is 31.2 Å². The average Bonchev–Trinajstić information content (AvgIpc) is 2.85. The monoisotopic (exact) mass is 328 g/mol. The summed E-state index contributed by atoms with van der Waals surface area (Å²) in [4.78, 5) is 0.651. The van der Waals surface area contributed by atoms with Crippen molar-refractivity contribution in [1.82, 2.24) is 4.72 Å². The van der Waals surface area contributed by atoms with Gasteiger partial charge >= 0.3 is 0 Å². The third-order valence-electron chi connectivity index (χ3n) is 3.05. The Morgan fingerprint density at radius 3 is 2.76 bits per heavy atom. The number of anilines is 1. The van der Waals surface area contributed by atoms with Crippen LogP contribution in [0.3, 0.4) is 0 Å². The molecular weight excluding hydrogens is 311 g/mol. The molecule has 1 atom stereocenters. The molecule has 0 aliphatic heterocycles. The lowest BCUT2D eigenvalue weighted by Gasteiger charge is -2.14. The number of nitrogens with one attached hydrogen (secondary N) is 1. The van der Waals surface area contributed by atoms with Gasteiger partial charge in [-0.3, -0.25) is 0 Å². The van der Waals surface area contributed by atoms with E-state index < -0.39 is 20.7 Å². The predicted molar refractivity (Wildman–Crippen MR) is 83.4 cm³/mol. The molecule has 0 radical (unpaired) electrons. The minimum Gasteiger partial charge on any atom is -0.398 e. The Balaban J connectivity index is 2.20. The number of nitrogen functional groups attached to an aromatic ring is 1. The first kappa shape index (κ1) is 15.9. The number of aryl methyl sites for hydroxylation is 1. The first-order valence-electron chi connectivity index (χ1n) is 6.40. The number of sulfonamides is 1. The Morgan fingerprint density at radius 1 is 1.43 bits per heavy atom. The second-order valence-electron chi connectivity index (χ2n) is 4.95. The number of rotatable bonds is 5. The zero-order valence-corrected chi connectivity index (χ0v) is 13.4. The summed E-state index contributed by atoms with van der Waals surface area (Å²) in [6, 6.07) is 5.79. The molecule has 7 heteroatoms. The topological polar surface area (TPSA) is 72.2 Å². The van der Waals surface area contributed by atoms with Gasteiger partial charge in [0, 0.05) is 16.6 Å². The lowest BCUT2D eigenvalue weighted by molar-refractivity contribution is 0.542. The van der Waals surface area contributed by atoms with E-state index in [0.29, 0.717) is 12.0 Å². The van der Waals surface area contributed by atoms with E-state index >= 15 is 0 Å². The smallest absolute Gasteiger partial charge is 0.243 e. The molecule has 1 heterocycles. The van der Waals surface area contributed by atoms with Gasteiger partial charge < -0.3 is 5.73 Å². The molecule has 1 aromatic heterocycles. The van der Waals surface area contributed by atoms with Gasteiger partial charge in [0.05, 0.1) is 0 Å². The Morgan fingerprint density at radius 2 is 2.14 bits per heavy atom. The number of hydrogen-bond acceptors (Lipinski definition) is 4. The van der Waals surface area contributed by atoms with Gasteiger partial charge in [-0.25, -0.2) is 17.5 Å². The third kappa shape index (κ3) is 3.81. The largest absolute Gasteiger partial charge is 0.398 e. The Bertz CT molecular complexity index is 728. The van der Waals surface area contributed by atoms with Crippen molar-refractivity contribution in [3.8, 4) is 0 Å². The van der Waals surface area contributed by atoms with Crippen molar-refractivity contribution in [2.24, 2.45) is 0 Å². The maximum Gasteiger partial charge on any atom is 0.243 e. The first-order valence-corrected chi connectivity index (χ1v) is 8.76. The SMILES string of the molecule is Cc1cc(F)c(S(=O)(=O)NC(C)Cc2cccs2)cc1N. The molecule has 21 heavy (non-hydrogen) atoms. The Labute approximate surface area is 127 Å². The van der Waals surface area contributed by atoms with E-state index in [9.17, 15) is 12.8 Å². The predicted octanol–water partition coefficient (Wildman–Crippen LogP) is 2.69. The summed E-state index contributed by atoms with van der Waals surface area (Å²) in [5.74, 6) is -0.794. The fraction of sp³-hybridized carbons (Fsp3) is 0.286. The number of hydrogen-bond donors (Lipinski definition) is 2. The third-order valence-corrected chi connectivity index (χ3v) is 5.56. The molecule has 0 aliphatic carbocycles. The van der Waals surface area contributed by atoms with Crippen molar-refractivity contribution < 1.29 is 12.8 Å². The molecule has 1 unspecified atom stereocenters. The summed E-state index contributed by atoms with van der Waals surface area (Å²) in [6.45, 7) is 3.37. The molecule has 2 rings (SSSR count). The highest BCUT2D eigenvalue weighted by Gasteiger charge is 2.22. The van der Waals surface area contributed by atoms with Gasteiger partial charge in [-0.05, 0) is 49.4 Å². The minimum atomic E-state index is -3.93. The van der Waals surface area contributed by atoms with Gasteiger partial charge in [-0.15, -0.1) is 11.3 Å². The van der Waals surface area contributed by atoms with Crippen LogP contribution in [0.4, 0.5) is 10.1 Å². The molecule has 3 N–H and O–H groups in total. The summed E-state index contributed by atoms with van der Waals surface area (Å²) in [7, 11) is -3.93. The van der Waals surface area contributed by atoms with Gasteiger partial charge in [0.1, 0.15) is 10.7 Å². The number of nitrogens with two attached hydrogens (primary N) is 1. The van der Waals surface area contributed by atoms with Crippen LogP contribution in [0.25, 0.3) is 0 Å². The summed E-state index contributed by atoms with van der Waals surface area (Å²) >= 11 is 1.55. The summed E-state index contributed by atoms with van der Waals surface area (Å²) in [5.41, 5.74) is 6.43. The molecule has 0 saturated heterocycles. The maximum absolute atomic E-state index is 13.9. The highest BCUT2D eigenvalue weighted by molar-refractivity contribution is 7.89. The van der Waals surface area contributed by atoms with E-state index in [1.807, 2.05) is 17.5 Å². The van der Waals surface area contributed by atoms with Crippen LogP contribution in [0.2, 0.25) is 0 Å². The van der Waals surface area contributed by atoms with Gasteiger partial charge in [0.2, 0.25) is 10.0 Å². The Hall–Kier alpha value is -1.44. The molecule has 0 bridgehead atoms. The van der Waals surface area contributed by atoms with Crippen molar-refractivity contribution in [2.75, 3.05) is 5.73 Å². The molecule has 0 aliphatic rings. The average molecular weight is 328 g/mol. The van der Waals surface area contributed by atoms with Crippen molar-refractivity contribution >= 4 is 27.0 Å². The van der Waals surface area contributed by atoms with Crippen LogP contribution < -0.4 is 10.5 Å². The molecule has 0 amide bonds. The number of halogens is 1. The number of benzene rings is 1. The standard InChI is InChI=1S/C14H17FN2O2S2/c1-9-6-12(15)14(8-13(9)16)21(18,19)17-10(2)7-11-4-3-5-20-11/h3-6,8,10,17H,7,16H2,1-2H3. The molecule has 0 spiro atoms. The van der Waals surface area contributed by atoms with Crippen LogP contribution in [0, 0.1) is 12.7 Å². The van der Waals surface area contributed by atoms with Crippen molar-refractivity contribution in [3.05, 3.63) is 45.9 Å². The second kappa shape index (κ2) is 6.13. The van der Waals surface area contributed by atoms with Gasteiger partial charge in [0.15, 0.2) is 0 Å². The molecular formula is C14H17FN2O2S2. The normalized spacial score (nSPS) is 13.3. The lowest BCUT2D eigenvalue weighted by atomic mass is 10.2. The van der Waals surface area contributed by atoms with E-state index in [2.05, 4.69) is 4.72 Å². The summed E-state index contributed by atoms with van der Waals surface area (Å²) in [6.07, 6.45) is 0.555. The van der Waals surface area contributed by atoms with Gasteiger partial charge in [-0.2, -0.15) is 0 Å². The number of thiophene rings is 1. The molecule has 0 fully saturated rings. The summed E-state index contributed by atoms with van der Waals surface area (Å²) in [5, 5.41) is 1.93. The van der Waals surface area contributed by atoms with Gasteiger partial charge in [-0.1, -0.05) is 6.07 Å². The van der Waals surface area contributed by atoms with E-state index in [1.165, 1.54) is 0 Å². The lowest BCUT2D eigenvalue weighted by Crippen LogP contribution is -2.34. The Kier molecular flexibility index (Phi) is 4.65. The fourth-order valence-electron chi connectivity index (χ4n) is 1.98. The van der Waals surface area contributed by atoms with Crippen LogP contribution in [-0.2, 0) is 16.4 Å². The minimum absolute atomic E-state index is 0.252. The maximum atomic E-state index is 13.9. The zero-order valence-electron chi connectivity index (χ0n) is 11.8. The zero-order chi connectivity index (χ0) is 15.6. The van der Waals surface area contributed by atoms with Crippen molar-refractivity contribution in [1.29, 1.82) is 0 Å². The van der Waals surface area contributed by atoms with E-state index in [1.54, 1.807) is 25.2 Å². The molecule has 1 aromatic carbocycles. The summed E-state index contributed by atoms with van der Waals surface area (Å²) < 4.78 is 40.9. The van der Waals surface area contributed by atoms with Gasteiger partial charge in [0.25, 0.3) is 0 Å². The quantitative estimate of drug-likeness (QED) is 0.829. The van der Waals surface area contributed by atoms with Crippen LogP contribution in [-0.4, -0.2) is 14.5 Å². The van der Waals surface area contributed by atoms with E-state index in [4.69, 9.17) is 5.73 Å². The van der Waals surface area contributed by atoms with Crippen LogP contribution >= 0.6 is 11.3 Å².